The summed E-state index contributed by atoms with van der Waals surface area (Å²) in [6.45, 7) is 4.96. The molecule has 2 aromatic rings. The van der Waals surface area contributed by atoms with E-state index >= 15 is 0 Å². The molecule has 0 aromatic heterocycles. The largest absolute Gasteiger partial charge is 0.495 e. The van der Waals surface area contributed by atoms with Crippen molar-refractivity contribution in [2.45, 2.75) is 26.8 Å². The Morgan fingerprint density at radius 1 is 1.15 bits per heavy atom. The fraction of sp³-hybridized carbons (Fsp3) is 0.333. The van der Waals surface area contributed by atoms with Crippen molar-refractivity contribution in [2.24, 2.45) is 5.92 Å². The van der Waals surface area contributed by atoms with Crippen LogP contribution in [0.15, 0.2) is 42.5 Å². The minimum absolute atomic E-state index is 0.0157. The number of carbonyl (C=O) groups is 2. The third kappa shape index (κ3) is 4.04. The molecule has 136 valence electrons. The quantitative estimate of drug-likeness (QED) is 0.898. The van der Waals surface area contributed by atoms with Crippen molar-refractivity contribution in [3.8, 4) is 5.75 Å². The smallest absolute Gasteiger partial charge is 0.229 e. The molecule has 26 heavy (non-hydrogen) atoms. The molecular weight excluding hydrogens is 328 g/mol. The lowest BCUT2D eigenvalue weighted by Gasteiger charge is -2.17. The van der Waals surface area contributed by atoms with Gasteiger partial charge in [-0.05, 0) is 37.1 Å². The Labute approximate surface area is 154 Å². The van der Waals surface area contributed by atoms with E-state index in [1.807, 2.05) is 56.3 Å². The van der Waals surface area contributed by atoms with E-state index in [9.17, 15) is 9.59 Å². The number of nitrogens with one attached hydrogen (secondary N) is 1. The lowest BCUT2D eigenvalue weighted by molar-refractivity contribution is -0.128. The van der Waals surface area contributed by atoms with Crippen LogP contribution in [0.3, 0.4) is 0 Å². The minimum atomic E-state index is -0.349. The molecule has 1 fully saturated rings. The molecule has 1 heterocycles. The number of amides is 2. The van der Waals surface area contributed by atoms with Gasteiger partial charge in [0.15, 0.2) is 0 Å². The first-order valence-corrected chi connectivity index (χ1v) is 8.75. The van der Waals surface area contributed by atoms with Crippen molar-refractivity contribution in [2.75, 3.05) is 19.0 Å². The van der Waals surface area contributed by atoms with Crippen LogP contribution in [0.5, 0.6) is 5.75 Å². The van der Waals surface area contributed by atoms with Gasteiger partial charge in [0.05, 0.1) is 18.7 Å². The number of nitrogens with zero attached hydrogens (tertiary/aromatic N) is 1. The number of methoxy groups -OCH3 is 1. The predicted octanol–water partition coefficient (Wildman–Crippen LogP) is 3.30. The van der Waals surface area contributed by atoms with Crippen LogP contribution in [-0.4, -0.2) is 30.4 Å². The maximum absolute atomic E-state index is 12.6. The summed E-state index contributed by atoms with van der Waals surface area (Å²) >= 11 is 0. The highest BCUT2D eigenvalue weighted by Crippen LogP contribution is 2.27. The van der Waals surface area contributed by atoms with E-state index in [0.717, 1.165) is 11.1 Å². The maximum Gasteiger partial charge on any atom is 0.229 e. The number of ether oxygens (including phenoxy) is 1. The number of hydrogen-bond donors (Lipinski definition) is 1. The zero-order valence-corrected chi connectivity index (χ0v) is 15.4. The van der Waals surface area contributed by atoms with Crippen LogP contribution >= 0.6 is 0 Å². The lowest BCUT2D eigenvalue weighted by atomic mass is 10.1. The molecular formula is C21H24N2O3. The van der Waals surface area contributed by atoms with E-state index in [2.05, 4.69) is 5.32 Å². The van der Waals surface area contributed by atoms with Gasteiger partial charge in [0.1, 0.15) is 5.75 Å². The molecule has 0 saturated carbocycles. The van der Waals surface area contributed by atoms with E-state index in [4.69, 9.17) is 4.74 Å². The van der Waals surface area contributed by atoms with Gasteiger partial charge in [0.2, 0.25) is 11.8 Å². The van der Waals surface area contributed by atoms with E-state index < -0.39 is 0 Å². The van der Waals surface area contributed by atoms with Gasteiger partial charge in [-0.1, -0.05) is 35.9 Å². The summed E-state index contributed by atoms with van der Waals surface area (Å²) in [5, 5.41) is 2.91. The standard InChI is InChI=1S/C21H24N2O3/c1-14-4-7-16(8-5-14)12-23-13-17(11-20(23)24)21(25)22-18-10-15(2)6-9-19(18)26-3/h4-10,17H,11-13H2,1-3H3,(H,22,25). The minimum Gasteiger partial charge on any atom is -0.495 e. The first-order chi connectivity index (χ1) is 12.5. The Kier molecular flexibility index (Phi) is 5.26. The zero-order valence-electron chi connectivity index (χ0n) is 15.4. The topological polar surface area (TPSA) is 58.6 Å². The van der Waals surface area contributed by atoms with Gasteiger partial charge in [-0.25, -0.2) is 0 Å². The van der Waals surface area contributed by atoms with Crippen LogP contribution in [-0.2, 0) is 16.1 Å². The normalized spacial score (nSPS) is 16.7. The highest BCUT2D eigenvalue weighted by Gasteiger charge is 2.34. The number of hydrogen-bond acceptors (Lipinski definition) is 3. The first-order valence-electron chi connectivity index (χ1n) is 8.75. The van der Waals surface area contributed by atoms with Gasteiger partial charge in [0, 0.05) is 19.5 Å². The van der Waals surface area contributed by atoms with Gasteiger partial charge in [0.25, 0.3) is 0 Å². The van der Waals surface area contributed by atoms with E-state index in [1.54, 1.807) is 12.0 Å². The van der Waals surface area contributed by atoms with Gasteiger partial charge in [-0.2, -0.15) is 0 Å². The fourth-order valence-electron chi connectivity index (χ4n) is 3.17. The van der Waals surface area contributed by atoms with E-state index in [0.29, 0.717) is 24.5 Å². The van der Waals surface area contributed by atoms with Crippen LogP contribution in [0, 0.1) is 19.8 Å². The monoisotopic (exact) mass is 352 g/mol. The molecule has 1 atom stereocenters. The molecule has 2 amide bonds. The number of aryl methyl sites for hydroxylation is 2. The molecule has 0 aliphatic carbocycles. The van der Waals surface area contributed by atoms with Gasteiger partial charge < -0.3 is 15.0 Å². The number of anilines is 1. The first kappa shape index (κ1) is 18.0. The Bertz CT molecular complexity index is 815. The number of likely N-dealkylation sites (tertiary alicyclic amines) is 1. The van der Waals surface area contributed by atoms with Gasteiger partial charge >= 0.3 is 0 Å². The van der Waals surface area contributed by atoms with Crippen molar-refractivity contribution in [3.63, 3.8) is 0 Å². The van der Waals surface area contributed by atoms with Crippen LogP contribution in [0.25, 0.3) is 0 Å². The number of carbonyl (C=O) groups excluding carboxylic acids is 2. The molecule has 0 radical (unpaired) electrons. The molecule has 1 N–H and O–H groups in total. The molecule has 0 spiro atoms. The summed E-state index contributed by atoms with van der Waals surface area (Å²) < 4.78 is 5.30. The predicted molar refractivity (Wildman–Crippen MR) is 101 cm³/mol. The Hall–Kier alpha value is -2.82. The summed E-state index contributed by atoms with van der Waals surface area (Å²) in [6.07, 6.45) is 0.242. The second-order valence-corrected chi connectivity index (χ2v) is 6.85. The fourth-order valence-corrected chi connectivity index (χ4v) is 3.17. The second kappa shape index (κ2) is 7.60. The summed E-state index contributed by atoms with van der Waals surface area (Å²) in [4.78, 5) is 26.7. The second-order valence-electron chi connectivity index (χ2n) is 6.85. The highest BCUT2D eigenvalue weighted by atomic mass is 16.5. The SMILES string of the molecule is COc1ccc(C)cc1NC(=O)C1CC(=O)N(Cc2ccc(C)cc2)C1. The van der Waals surface area contributed by atoms with Crippen LogP contribution in [0.1, 0.15) is 23.1 Å². The third-order valence-corrected chi connectivity index (χ3v) is 4.69. The van der Waals surface area contributed by atoms with Crippen molar-refractivity contribution in [3.05, 3.63) is 59.2 Å². The average molecular weight is 352 g/mol. The van der Waals surface area contributed by atoms with Gasteiger partial charge in [-0.15, -0.1) is 0 Å². The summed E-state index contributed by atoms with van der Waals surface area (Å²) in [5.74, 6) is 0.138. The van der Waals surface area contributed by atoms with Crippen molar-refractivity contribution >= 4 is 17.5 Å². The Morgan fingerprint density at radius 3 is 2.54 bits per heavy atom. The van der Waals surface area contributed by atoms with E-state index in [-0.39, 0.29) is 24.2 Å². The van der Waals surface area contributed by atoms with E-state index in [1.165, 1.54) is 5.56 Å². The molecule has 1 aliphatic rings. The Morgan fingerprint density at radius 2 is 1.85 bits per heavy atom. The summed E-state index contributed by atoms with van der Waals surface area (Å²) in [6, 6.07) is 13.7. The molecule has 3 rings (SSSR count). The van der Waals surface area contributed by atoms with Gasteiger partial charge in [-0.3, -0.25) is 9.59 Å². The lowest BCUT2D eigenvalue weighted by Crippen LogP contribution is -2.28. The van der Waals surface area contributed by atoms with Crippen LogP contribution in [0.4, 0.5) is 5.69 Å². The third-order valence-electron chi connectivity index (χ3n) is 4.69. The highest BCUT2D eigenvalue weighted by molar-refractivity contribution is 5.98. The van der Waals surface area contributed by atoms with Crippen LogP contribution in [0.2, 0.25) is 0 Å². The molecule has 2 aromatic carbocycles. The van der Waals surface area contributed by atoms with Crippen molar-refractivity contribution in [1.82, 2.24) is 4.90 Å². The van der Waals surface area contributed by atoms with Crippen molar-refractivity contribution < 1.29 is 14.3 Å². The average Bonchev–Trinajstić information content (AvgIpc) is 2.98. The number of benzene rings is 2. The molecule has 5 heteroatoms. The van der Waals surface area contributed by atoms with Crippen molar-refractivity contribution in [1.29, 1.82) is 0 Å². The maximum atomic E-state index is 12.6. The number of rotatable bonds is 5. The summed E-state index contributed by atoms with van der Waals surface area (Å²) in [5.41, 5.74) is 3.93. The molecule has 5 nitrogen and oxygen atoms in total. The molecule has 1 unspecified atom stereocenters. The Balaban J connectivity index is 1.65. The molecule has 1 aliphatic heterocycles. The molecule has 0 bridgehead atoms. The van der Waals surface area contributed by atoms with Crippen LogP contribution < -0.4 is 10.1 Å². The summed E-state index contributed by atoms with van der Waals surface area (Å²) in [7, 11) is 1.57. The molecule has 1 saturated heterocycles. The zero-order chi connectivity index (χ0) is 18.7.